The van der Waals surface area contributed by atoms with E-state index in [0.717, 1.165) is 11.3 Å². The van der Waals surface area contributed by atoms with Gasteiger partial charge in [0.2, 0.25) is 17.7 Å². The van der Waals surface area contributed by atoms with Gasteiger partial charge in [-0.1, -0.05) is 27.2 Å². The number of halogens is 3. The van der Waals surface area contributed by atoms with Crippen LogP contribution in [0.1, 0.15) is 52.9 Å². The van der Waals surface area contributed by atoms with E-state index in [1.165, 1.54) is 32.6 Å². The van der Waals surface area contributed by atoms with Crippen LogP contribution in [0.2, 0.25) is 0 Å². The van der Waals surface area contributed by atoms with Gasteiger partial charge in [0.25, 0.3) is 0 Å². The maximum atomic E-state index is 13.7. The molecule has 1 aliphatic carbocycles. The Bertz CT molecular complexity index is 1080. The standard InChI is InChI=1S/C24H37F3N4O7S/c1-23(2,3)19(30-39(36,37)24(25,26)27)22(35)31-11-14-6-5-7-15(14)18(31)21(34)29-16(17(32)12-38-4)10-13-8-9-28-20(13)33/h13-16,18-19,30H,5-12H2,1-4H3,(H,28,33)(H,29,34)/t13-,14-,15-,16-,18?,19+/m0/s1. The summed E-state index contributed by atoms with van der Waals surface area (Å²) in [5.74, 6) is -3.22. The lowest BCUT2D eigenvalue weighted by molar-refractivity contribution is -0.143. The number of Topliss-reactive ketones (excluding diaryl/α,β-unsaturated/α-hetero) is 1. The van der Waals surface area contributed by atoms with Crippen LogP contribution in [-0.4, -0.2) is 87.3 Å². The van der Waals surface area contributed by atoms with Crippen LogP contribution in [0.3, 0.4) is 0 Å². The zero-order valence-corrected chi connectivity index (χ0v) is 23.3. The number of sulfonamides is 1. The summed E-state index contributed by atoms with van der Waals surface area (Å²) in [4.78, 5) is 53.4. The quantitative estimate of drug-likeness (QED) is 0.343. The maximum Gasteiger partial charge on any atom is 0.511 e. The summed E-state index contributed by atoms with van der Waals surface area (Å²) >= 11 is 0. The van der Waals surface area contributed by atoms with Crippen LogP contribution in [-0.2, 0) is 33.9 Å². The van der Waals surface area contributed by atoms with Gasteiger partial charge in [-0.2, -0.15) is 17.9 Å². The minimum atomic E-state index is -5.86. The summed E-state index contributed by atoms with van der Waals surface area (Å²) in [5.41, 5.74) is -6.89. The predicted molar refractivity (Wildman–Crippen MR) is 132 cm³/mol. The van der Waals surface area contributed by atoms with Crippen molar-refractivity contribution in [3.63, 3.8) is 0 Å². The maximum absolute atomic E-state index is 13.7. The van der Waals surface area contributed by atoms with Gasteiger partial charge in [0.15, 0.2) is 5.78 Å². The summed E-state index contributed by atoms with van der Waals surface area (Å²) in [7, 11) is -4.55. The predicted octanol–water partition coefficient (Wildman–Crippen LogP) is 0.694. The molecule has 15 heteroatoms. The summed E-state index contributed by atoms with van der Waals surface area (Å²) in [5, 5.41) is 5.36. The van der Waals surface area contributed by atoms with Gasteiger partial charge >= 0.3 is 15.5 Å². The van der Waals surface area contributed by atoms with Gasteiger partial charge in [-0.05, 0) is 42.9 Å². The summed E-state index contributed by atoms with van der Waals surface area (Å²) < 4.78 is 69.9. The van der Waals surface area contributed by atoms with Crippen LogP contribution in [0.25, 0.3) is 0 Å². The number of ketones is 1. The highest BCUT2D eigenvalue weighted by Gasteiger charge is 2.54. The normalized spacial score (nSPS) is 27.2. The molecular weight excluding hydrogens is 545 g/mol. The van der Waals surface area contributed by atoms with Crippen molar-refractivity contribution in [3.8, 4) is 0 Å². The fraction of sp³-hybridized carbons (Fsp3) is 0.833. The van der Waals surface area contributed by atoms with Crippen molar-refractivity contribution < 1.29 is 45.5 Å². The first-order valence-corrected chi connectivity index (χ1v) is 14.4. The molecule has 222 valence electrons. The molecule has 2 saturated heterocycles. The zero-order valence-electron chi connectivity index (χ0n) is 22.5. The fourth-order valence-electron chi connectivity index (χ4n) is 5.78. The van der Waals surface area contributed by atoms with Crippen molar-refractivity contribution in [2.45, 2.75) is 76.5 Å². The Morgan fingerprint density at radius 1 is 1.15 bits per heavy atom. The number of nitrogens with zero attached hydrogens (tertiary/aromatic N) is 1. The average Bonchev–Trinajstić information content (AvgIpc) is 3.51. The molecule has 3 N–H and O–H groups in total. The Labute approximate surface area is 226 Å². The molecule has 11 nitrogen and oxygen atoms in total. The smallest absolute Gasteiger partial charge is 0.377 e. The Hall–Kier alpha value is -2.26. The van der Waals surface area contributed by atoms with Crippen molar-refractivity contribution in [2.75, 3.05) is 26.8 Å². The van der Waals surface area contributed by atoms with Crippen LogP contribution < -0.4 is 15.4 Å². The molecule has 3 aliphatic rings. The molecule has 2 aliphatic heterocycles. The van der Waals surface area contributed by atoms with Gasteiger partial charge in [-0.15, -0.1) is 0 Å². The molecule has 1 unspecified atom stereocenters. The number of hydrogen-bond donors (Lipinski definition) is 3. The number of alkyl halides is 3. The molecular formula is C24H37F3N4O7S. The molecule has 3 amide bonds. The Kier molecular flexibility index (Phi) is 9.37. The first kappa shape index (κ1) is 31.3. The monoisotopic (exact) mass is 582 g/mol. The van der Waals surface area contributed by atoms with E-state index >= 15 is 0 Å². The largest absolute Gasteiger partial charge is 0.511 e. The Balaban J connectivity index is 1.89. The van der Waals surface area contributed by atoms with Gasteiger partial charge in [0.05, 0.1) is 6.04 Å². The summed E-state index contributed by atoms with van der Waals surface area (Å²) in [6.45, 7) is 4.47. The van der Waals surface area contributed by atoms with Gasteiger partial charge in [0.1, 0.15) is 18.7 Å². The van der Waals surface area contributed by atoms with Gasteiger partial charge in [-0.25, -0.2) is 8.42 Å². The third-order valence-corrected chi connectivity index (χ3v) is 8.96. The zero-order chi connectivity index (χ0) is 29.3. The molecule has 3 fully saturated rings. The van der Waals surface area contributed by atoms with E-state index in [9.17, 15) is 40.8 Å². The number of fused-ring (bicyclic) bond motifs is 1. The molecule has 0 radical (unpaired) electrons. The van der Waals surface area contributed by atoms with Gasteiger partial charge in [0, 0.05) is 26.1 Å². The number of rotatable bonds is 10. The first-order valence-electron chi connectivity index (χ1n) is 13.0. The second-order valence-corrected chi connectivity index (χ2v) is 13.3. The SMILES string of the molecule is COCC(=O)[C@H](C[C@@H]1CCNC1=O)NC(=O)C1[C@H]2CCC[C@H]2CN1C(=O)[C@@H](NS(=O)(=O)C(F)(F)F)C(C)(C)C. The Morgan fingerprint density at radius 3 is 2.36 bits per heavy atom. The number of amides is 3. The number of hydrogen-bond acceptors (Lipinski definition) is 7. The van der Waals surface area contributed by atoms with E-state index in [4.69, 9.17) is 4.74 Å². The van der Waals surface area contributed by atoms with Crippen LogP contribution in [0.15, 0.2) is 0 Å². The van der Waals surface area contributed by atoms with E-state index < -0.39 is 62.6 Å². The third-order valence-electron chi connectivity index (χ3n) is 7.81. The molecule has 0 bridgehead atoms. The van der Waals surface area contributed by atoms with Crippen LogP contribution in [0.5, 0.6) is 0 Å². The molecule has 0 aromatic carbocycles. The van der Waals surface area contributed by atoms with E-state index in [1.807, 2.05) is 0 Å². The third kappa shape index (κ3) is 6.91. The number of nitrogens with one attached hydrogen (secondary N) is 3. The van der Waals surface area contributed by atoms with E-state index in [0.29, 0.717) is 25.8 Å². The molecule has 0 spiro atoms. The molecule has 39 heavy (non-hydrogen) atoms. The second kappa shape index (κ2) is 11.7. The van der Waals surface area contributed by atoms with Crippen LogP contribution in [0.4, 0.5) is 13.2 Å². The van der Waals surface area contributed by atoms with Crippen LogP contribution >= 0.6 is 0 Å². The Morgan fingerprint density at radius 2 is 1.82 bits per heavy atom. The fourth-order valence-corrected chi connectivity index (χ4v) is 6.68. The molecule has 0 aromatic rings. The summed E-state index contributed by atoms with van der Waals surface area (Å²) in [6, 6.07) is -3.99. The van der Waals surface area contributed by atoms with Gasteiger partial charge < -0.3 is 20.3 Å². The lowest BCUT2D eigenvalue weighted by atomic mass is 9.86. The highest BCUT2D eigenvalue weighted by atomic mass is 32.2. The topological polar surface area (TPSA) is 151 Å². The van der Waals surface area contributed by atoms with Crippen molar-refractivity contribution in [3.05, 3.63) is 0 Å². The molecule has 6 atom stereocenters. The molecule has 0 aromatic heterocycles. The van der Waals surface area contributed by atoms with E-state index in [2.05, 4.69) is 10.6 Å². The average molecular weight is 583 g/mol. The molecule has 1 saturated carbocycles. The second-order valence-electron chi connectivity index (χ2n) is 11.6. The lowest BCUT2D eigenvalue weighted by Gasteiger charge is -2.36. The molecule has 3 rings (SSSR count). The number of likely N-dealkylation sites (tertiary alicyclic amines) is 1. The van der Waals surface area contributed by atoms with Crippen molar-refractivity contribution in [1.29, 1.82) is 0 Å². The van der Waals surface area contributed by atoms with E-state index in [1.54, 1.807) is 0 Å². The van der Waals surface area contributed by atoms with Crippen molar-refractivity contribution >= 4 is 33.5 Å². The highest BCUT2D eigenvalue weighted by molar-refractivity contribution is 7.90. The minimum Gasteiger partial charge on any atom is -0.377 e. The number of carbonyl (C=O) groups is 4. The lowest BCUT2D eigenvalue weighted by Crippen LogP contribution is -2.60. The van der Waals surface area contributed by atoms with E-state index in [-0.39, 0.29) is 37.3 Å². The van der Waals surface area contributed by atoms with Gasteiger partial charge in [-0.3, -0.25) is 19.2 Å². The summed E-state index contributed by atoms with van der Waals surface area (Å²) in [6.07, 6.45) is 2.59. The number of methoxy groups -OCH3 is 1. The van der Waals surface area contributed by atoms with Crippen molar-refractivity contribution in [2.24, 2.45) is 23.2 Å². The first-order chi connectivity index (χ1) is 18.0. The highest BCUT2D eigenvalue weighted by Crippen LogP contribution is 2.43. The number of ether oxygens (including phenoxy) is 1. The van der Waals surface area contributed by atoms with Crippen molar-refractivity contribution in [1.82, 2.24) is 20.3 Å². The number of carbonyl (C=O) groups excluding carboxylic acids is 4. The minimum absolute atomic E-state index is 0.0323. The molecule has 2 heterocycles. The van der Waals surface area contributed by atoms with Crippen LogP contribution in [0, 0.1) is 23.2 Å².